The summed E-state index contributed by atoms with van der Waals surface area (Å²) in [5.41, 5.74) is 0.0305. The molecule has 0 spiro atoms. The van der Waals surface area contributed by atoms with Gasteiger partial charge < -0.3 is 4.74 Å². The van der Waals surface area contributed by atoms with E-state index in [4.69, 9.17) is 9.57 Å². The van der Waals surface area contributed by atoms with Crippen molar-refractivity contribution in [2.75, 3.05) is 13.1 Å². The maximum Gasteiger partial charge on any atom is 0.425 e. The fourth-order valence-corrected chi connectivity index (χ4v) is 3.13. The summed E-state index contributed by atoms with van der Waals surface area (Å²) in [7, 11) is -4.14. The van der Waals surface area contributed by atoms with Gasteiger partial charge in [-0.15, -0.1) is 0 Å². The van der Waals surface area contributed by atoms with Crippen molar-refractivity contribution < 1.29 is 22.8 Å². The van der Waals surface area contributed by atoms with Crippen LogP contribution in [0.2, 0.25) is 0 Å². The maximum atomic E-state index is 12.7. The standard InChI is InChI=1S/C16H22N2O5S/c1-16(2,3)23-15(19)17-11-7-8-12-18(24(17,20)21)22-13-14-9-5-4-6-10-14/h4-10H,11-13H2,1-3H3. The van der Waals surface area contributed by atoms with E-state index < -0.39 is 21.9 Å². The van der Waals surface area contributed by atoms with E-state index in [0.29, 0.717) is 4.31 Å². The first-order valence-corrected chi connectivity index (χ1v) is 8.95. The van der Waals surface area contributed by atoms with Crippen molar-refractivity contribution >= 4 is 16.3 Å². The van der Waals surface area contributed by atoms with E-state index in [9.17, 15) is 13.2 Å². The molecular weight excluding hydrogens is 332 g/mol. The van der Waals surface area contributed by atoms with Crippen molar-refractivity contribution in [3.8, 4) is 0 Å². The third-order valence-corrected chi connectivity index (χ3v) is 4.67. The number of rotatable bonds is 3. The molecule has 1 amide bonds. The fourth-order valence-electron chi connectivity index (χ4n) is 1.95. The minimum Gasteiger partial charge on any atom is -0.443 e. The van der Waals surface area contributed by atoms with Gasteiger partial charge in [-0.25, -0.2) is 4.79 Å². The first-order valence-electron chi connectivity index (χ1n) is 7.55. The van der Waals surface area contributed by atoms with E-state index >= 15 is 0 Å². The van der Waals surface area contributed by atoms with Crippen molar-refractivity contribution in [3.63, 3.8) is 0 Å². The van der Waals surface area contributed by atoms with Gasteiger partial charge in [0.05, 0.1) is 19.7 Å². The lowest BCUT2D eigenvalue weighted by atomic mass is 10.2. The number of hydroxylamine groups is 1. The van der Waals surface area contributed by atoms with Crippen LogP contribution in [-0.4, -0.2) is 42.0 Å². The van der Waals surface area contributed by atoms with E-state index in [-0.39, 0.29) is 19.7 Å². The zero-order chi connectivity index (χ0) is 17.8. The second-order valence-electron chi connectivity index (χ2n) is 6.23. The predicted octanol–water partition coefficient (Wildman–Crippen LogP) is 2.47. The van der Waals surface area contributed by atoms with Crippen molar-refractivity contribution in [2.45, 2.75) is 33.0 Å². The zero-order valence-electron chi connectivity index (χ0n) is 14.0. The Balaban J connectivity index is 2.14. The molecule has 1 aliphatic heterocycles. The van der Waals surface area contributed by atoms with Gasteiger partial charge in [-0.2, -0.15) is 12.7 Å². The summed E-state index contributed by atoms with van der Waals surface area (Å²) in [6, 6.07) is 9.18. The van der Waals surface area contributed by atoms with Gasteiger partial charge in [0, 0.05) is 0 Å². The Hall–Kier alpha value is -1.90. The third-order valence-electron chi connectivity index (χ3n) is 3.04. The Kier molecular flexibility index (Phi) is 5.63. The van der Waals surface area contributed by atoms with Crippen molar-refractivity contribution in [3.05, 3.63) is 48.0 Å². The first-order chi connectivity index (χ1) is 11.2. The van der Waals surface area contributed by atoms with Gasteiger partial charge in [-0.3, -0.25) is 4.84 Å². The average molecular weight is 354 g/mol. The molecule has 24 heavy (non-hydrogen) atoms. The number of carbonyl (C=O) groups is 1. The smallest absolute Gasteiger partial charge is 0.425 e. The van der Waals surface area contributed by atoms with Crippen LogP contribution in [0.3, 0.4) is 0 Å². The second-order valence-corrected chi connectivity index (χ2v) is 7.98. The summed E-state index contributed by atoms with van der Waals surface area (Å²) in [5, 5.41) is 0. The van der Waals surface area contributed by atoms with Gasteiger partial charge in [0.25, 0.3) is 0 Å². The maximum absolute atomic E-state index is 12.7. The van der Waals surface area contributed by atoms with Crippen molar-refractivity contribution in [1.29, 1.82) is 0 Å². The van der Waals surface area contributed by atoms with Crippen LogP contribution in [0.5, 0.6) is 0 Å². The van der Waals surface area contributed by atoms with E-state index in [1.165, 1.54) is 0 Å². The molecule has 0 fully saturated rings. The topological polar surface area (TPSA) is 76.2 Å². The molecule has 1 aliphatic rings. The fraction of sp³-hybridized carbons (Fsp3) is 0.438. The van der Waals surface area contributed by atoms with Crippen LogP contribution in [0.15, 0.2) is 42.5 Å². The highest BCUT2D eigenvalue weighted by Gasteiger charge is 2.37. The predicted molar refractivity (Wildman–Crippen MR) is 88.9 cm³/mol. The monoisotopic (exact) mass is 354 g/mol. The Bertz CT molecular complexity index is 695. The molecule has 0 unspecified atom stereocenters. The summed E-state index contributed by atoms with van der Waals surface area (Å²) in [5.74, 6) is 0. The Morgan fingerprint density at radius 1 is 1.12 bits per heavy atom. The number of hydrogen-bond donors (Lipinski definition) is 0. The van der Waals surface area contributed by atoms with Crippen LogP contribution in [0.4, 0.5) is 4.79 Å². The molecule has 1 aromatic rings. The molecule has 132 valence electrons. The number of ether oxygens (including phenoxy) is 1. The summed E-state index contributed by atoms with van der Waals surface area (Å²) in [6.45, 7) is 5.03. The number of nitrogens with zero attached hydrogens (tertiary/aromatic N) is 2. The van der Waals surface area contributed by atoms with E-state index in [1.807, 2.05) is 30.3 Å². The molecule has 1 aromatic carbocycles. The summed E-state index contributed by atoms with van der Waals surface area (Å²) in [6.07, 6.45) is 2.29. The van der Waals surface area contributed by atoms with Crippen LogP contribution in [0, 0.1) is 0 Å². The number of hydrogen-bond acceptors (Lipinski definition) is 5. The van der Waals surface area contributed by atoms with Gasteiger partial charge in [-0.1, -0.05) is 47.0 Å². The lowest BCUT2D eigenvalue weighted by Gasteiger charge is -2.28. The molecule has 2 rings (SSSR count). The van der Waals surface area contributed by atoms with E-state index in [1.54, 1.807) is 32.9 Å². The number of benzene rings is 1. The van der Waals surface area contributed by atoms with Gasteiger partial charge in [-0.05, 0) is 26.3 Å². The van der Waals surface area contributed by atoms with Gasteiger partial charge in [0.15, 0.2) is 0 Å². The molecule has 0 radical (unpaired) electrons. The minimum atomic E-state index is -4.14. The molecule has 0 saturated heterocycles. The van der Waals surface area contributed by atoms with Gasteiger partial charge >= 0.3 is 16.3 Å². The van der Waals surface area contributed by atoms with E-state index in [2.05, 4.69) is 0 Å². The molecule has 0 bridgehead atoms. The third kappa shape index (κ3) is 4.80. The molecule has 0 aromatic heterocycles. The first kappa shape index (κ1) is 18.4. The van der Waals surface area contributed by atoms with Crippen LogP contribution in [0.1, 0.15) is 26.3 Å². The second kappa shape index (κ2) is 7.33. The molecule has 8 heteroatoms. The molecular formula is C16H22N2O5S. The SMILES string of the molecule is CC(C)(C)OC(=O)N1CC=CCN(OCc2ccccc2)S1(=O)=O. The molecule has 0 atom stereocenters. The molecule has 0 saturated carbocycles. The van der Waals surface area contributed by atoms with E-state index in [0.717, 1.165) is 10.0 Å². The van der Waals surface area contributed by atoms with Gasteiger partial charge in [0.2, 0.25) is 0 Å². The van der Waals surface area contributed by atoms with Crippen LogP contribution in [-0.2, 0) is 26.4 Å². The Morgan fingerprint density at radius 3 is 2.38 bits per heavy atom. The van der Waals surface area contributed by atoms with Crippen molar-refractivity contribution in [2.24, 2.45) is 0 Å². The van der Waals surface area contributed by atoms with Gasteiger partial charge in [0.1, 0.15) is 5.60 Å². The highest BCUT2D eigenvalue weighted by molar-refractivity contribution is 7.87. The summed E-state index contributed by atoms with van der Waals surface area (Å²) >= 11 is 0. The molecule has 7 nitrogen and oxygen atoms in total. The quantitative estimate of drug-likeness (QED) is 0.780. The Labute approximate surface area is 142 Å². The highest BCUT2D eigenvalue weighted by Crippen LogP contribution is 2.18. The van der Waals surface area contributed by atoms with Crippen LogP contribution < -0.4 is 0 Å². The number of amides is 1. The zero-order valence-corrected chi connectivity index (χ0v) is 14.8. The lowest BCUT2D eigenvalue weighted by molar-refractivity contribution is -0.0917. The largest absolute Gasteiger partial charge is 0.443 e. The molecule has 0 N–H and O–H groups in total. The van der Waals surface area contributed by atoms with Crippen LogP contribution in [0.25, 0.3) is 0 Å². The summed E-state index contributed by atoms with van der Waals surface area (Å²) < 4.78 is 32.0. The number of carbonyl (C=O) groups excluding carboxylic acids is 1. The van der Waals surface area contributed by atoms with Crippen molar-refractivity contribution in [1.82, 2.24) is 8.77 Å². The normalized spacial score (nSPS) is 18.2. The molecule has 0 aliphatic carbocycles. The molecule has 1 heterocycles. The highest BCUT2D eigenvalue weighted by atomic mass is 32.2. The van der Waals surface area contributed by atoms with Crippen LogP contribution >= 0.6 is 0 Å². The Morgan fingerprint density at radius 2 is 1.75 bits per heavy atom. The lowest BCUT2D eigenvalue weighted by Crippen LogP contribution is -2.47. The average Bonchev–Trinajstić information content (AvgIpc) is 2.62. The summed E-state index contributed by atoms with van der Waals surface area (Å²) in [4.78, 5) is 17.6. The minimum absolute atomic E-state index is 0.0223.